The maximum Gasteiger partial charge on any atom is 0.328 e. The Kier molecular flexibility index (Phi) is 11.0. The predicted octanol–water partition coefficient (Wildman–Crippen LogP) is 3.41. The first-order valence-corrected chi connectivity index (χ1v) is 12.6. The Morgan fingerprint density at radius 1 is 1.00 bits per heavy atom. The van der Waals surface area contributed by atoms with E-state index in [4.69, 9.17) is 4.74 Å². The van der Waals surface area contributed by atoms with Crippen LogP contribution >= 0.6 is 0 Å². The molecular weight excluding hydrogens is 444 g/mol. The number of esters is 1. The summed E-state index contributed by atoms with van der Waals surface area (Å²) in [6.45, 7) is 9.39. The largest absolute Gasteiger partial charge is 0.467 e. The summed E-state index contributed by atoms with van der Waals surface area (Å²) < 4.78 is 4.81. The number of hydrogen-bond acceptors (Lipinski definition) is 5. The molecule has 5 atom stereocenters. The van der Waals surface area contributed by atoms with Crippen LogP contribution in [-0.4, -0.2) is 48.2 Å². The summed E-state index contributed by atoms with van der Waals surface area (Å²) in [7, 11) is 1.28. The molecule has 0 aromatic heterocycles. The highest BCUT2D eigenvalue weighted by Crippen LogP contribution is 2.32. The Morgan fingerprint density at radius 2 is 1.63 bits per heavy atom. The normalized spacial score (nSPS) is 22.1. The summed E-state index contributed by atoms with van der Waals surface area (Å²) in [5, 5.41) is 16.8. The third kappa shape index (κ3) is 8.49. The summed E-state index contributed by atoms with van der Waals surface area (Å²) in [5.41, 5.74) is 2.38. The van der Waals surface area contributed by atoms with Gasteiger partial charge in [0.1, 0.15) is 12.1 Å². The molecule has 7 heteroatoms. The highest BCUT2D eigenvalue weighted by atomic mass is 16.5. The quantitative estimate of drug-likeness (QED) is 0.347. The van der Waals surface area contributed by atoms with Gasteiger partial charge in [0.05, 0.1) is 13.2 Å². The zero-order chi connectivity index (χ0) is 26.1. The first-order chi connectivity index (χ1) is 16.5. The molecule has 2 rings (SSSR count). The van der Waals surface area contributed by atoms with Gasteiger partial charge in [-0.05, 0) is 55.4 Å². The molecular formula is C28H42N2O5. The molecule has 3 N–H and O–H groups in total. The lowest BCUT2D eigenvalue weighted by Gasteiger charge is -2.29. The number of rotatable bonds is 10. The Bertz CT molecular complexity index is 881. The number of amides is 2. The van der Waals surface area contributed by atoms with Gasteiger partial charge < -0.3 is 20.5 Å². The minimum absolute atomic E-state index is 0.0185. The molecule has 2 amide bonds. The standard InChI is InChI=1S/C28H42N2O5/c1-17(2)24(27(33)30-25(18(3)4)28(34)35-6)29-23(31)16-21-13-12-19(5)14-22(26(21)32)15-20-10-8-7-9-11-20/h7-12,17-18,21-22,24-26,32H,13-16H2,1-6H3,(H,29,31)(H,30,33)/t21?,22?,24-,25-,26?/m0/s1. The molecule has 1 aliphatic rings. The number of allylic oxidation sites excluding steroid dienone is 2. The van der Waals surface area contributed by atoms with Crippen molar-refractivity contribution in [2.45, 2.75) is 78.5 Å². The lowest BCUT2D eigenvalue weighted by atomic mass is 9.82. The first kappa shape index (κ1) is 28.6. The van der Waals surface area contributed by atoms with Crippen molar-refractivity contribution >= 4 is 17.8 Å². The van der Waals surface area contributed by atoms with E-state index in [-0.39, 0.29) is 36.0 Å². The number of benzene rings is 1. The fourth-order valence-corrected chi connectivity index (χ4v) is 4.68. The van der Waals surface area contributed by atoms with Gasteiger partial charge in [0.15, 0.2) is 0 Å². The maximum absolute atomic E-state index is 13.0. The van der Waals surface area contributed by atoms with E-state index >= 15 is 0 Å². The van der Waals surface area contributed by atoms with Crippen molar-refractivity contribution in [2.75, 3.05) is 7.11 Å². The van der Waals surface area contributed by atoms with Crippen LogP contribution in [0.2, 0.25) is 0 Å². The first-order valence-electron chi connectivity index (χ1n) is 12.6. The third-order valence-corrected chi connectivity index (χ3v) is 6.79. The van der Waals surface area contributed by atoms with E-state index < -0.39 is 30.1 Å². The molecule has 0 bridgehead atoms. The number of carbonyl (C=O) groups excluding carboxylic acids is 3. The number of aliphatic hydroxyl groups is 1. The van der Waals surface area contributed by atoms with Crippen molar-refractivity contribution in [1.29, 1.82) is 0 Å². The zero-order valence-electron chi connectivity index (χ0n) is 21.9. The van der Waals surface area contributed by atoms with E-state index in [9.17, 15) is 19.5 Å². The Morgan fingerprint density at radius 3 is 2.20 bits per heavy atom. The van der Waals surface area contributed by atoms with Gasteiger partial charge in [-0.2, -0.15) is 0 Å². The van der Waals surface area contributed by atoms with Gasteiger partial charge in [0.25, 0.3) is 0 Å². The molecule has 3 unspecified atom stereocenters. The van der Waals surface area contributed by atoms with Crippen molar-refractivity contribution in [3.8, 4) is 0 Å². The Hall–Kier alpha value is -2.67. The maximum atomic E-state index is 13.0. The van der Waals surface area contributed by atoms with Crippen LogP contribution in [0.5, 0.6) is 0 Å². The van der Waals surface area contributed by atoms with Gasteiger partial charge in [-0.3, -0.25) is 9.59 Å². The molecule has 0 radical (unpaired) electrons. The molecule has 0 saturated carbocycles. The van der Waals surface area contributed by atoms with Crippen molar-refractivity contribution in [2.24, 2.45) is 23.7 Å². The van der Waals surface area contributed by atoms with Crippen molar-refractivity contribution in [3.05, 3.63) is 47.5 Å². The highest BCUT2D eigenvalue weighted by molar-refractivity contribution is 5.91. The van der Waals surface area contributed by atoms with Crippen LogP contribution < -0.4 is 10.6 Å². The van der Waals surface area contributed by atoms with Crippen LogP contribution in [-0.2, 0) is 25.5 Å². The van der Waals surface area contributed by atoms with Gasteiger partial charge in [0.2, 0.25) is 11.8 Å². The molecule has 0 heterocycles. The summed E-state index contributed by atoms with van der Waals surface area (Å²) in [4.78, 5) is 38.1. The molecule has 7 nitrogen and oxygen atoms in total. The van der Waals surface area contributed by atoms with Gasteiger partial charge in [-0.25, -0.2) is 4.79 Å². The highest BCUT2D eigenvalue weighted by Gasteiger charge is 2.34. The number of aliphatic hydroxyl groups excluding tert-OH is 1. The van der Waals surface area contributed by atoms with Crippen LogP contribution in [0.1, 0.15) is 59.4 Å². The van der Waals surface area contributed by atoms with E-state index in [1.54, 1.807) is 0 Å². The molecule has 1 aromatic carbocycles. The van der Waals surface area contributed by atoms with Crippen LogP contribution in [0.15, 0.2) is 42.0 Å². The van der Waals surface area contributed by atoms with Gasteiger partial charge >= 0.3 is 5.97 Å². The predicted molar refractivity (Wildman–Crippen MR) is 136 cm³/mol. The molecule has 0 spiro atoms. The van der Waals surface area contributed by atoms with Gasteiger partial charge in [-0.1, -0.05) is 69.7 Å². The molecule has 1 aliphatic carbocycles. The number of methoxy groups -OCH3 is 1. The number of nitrogens with one attached hydrogen (secondary N) is 2. The molecule has 35 heavy (non-hydrogen) atoms. The average molecular weight is 487 g/mol. The minimum Gasteiger partial charge on any atom is -0.467 e. The topological polar surface area (TPSA) is 105 Å². The average Bonchev–Trinajstić information content (AvgIpc) is 2.94. The van der Waals surface area contributed by atoms with Crippen LogP contribution in [0.3, 0.4) is 0 Å². The second kappa shape index (κ2) is 13.4. The Labute approximate surface area is 209 Å². The summed E-state index contributed by atoms with van der Waals surface area (Å²) >= 11 is 0. The molecule has 194 valence electrons. The number of hydrogen-bond donors (Lipinski definition) is 3. The van der Waals surface area contributed by atoms with E-state index in [1.165, 1.54) is 12.7 Å². The summed E-state index contributed by atoms with van der Waals surface area (Å²) in [6, 6.07) is 8.49. The lowest BCUT2D eigenvalue weighted by molar-refractivity contribution is -0.146. The van der Waals surface area contributed by atoms with E-state index in [2.05, 4.69) is 35.8 Å². The van der Waals surface area contributed by atoms with Crippen molar-refractivity contribution in [1.82, 2.24) is 10.6 Å². The number of ether oxygens (including phenoxy) is 1. The van der Waals surface area contributed by atoms with Crippen molar-refractivity contribution < 1.29 is 24.2 Å². The zero-order valence-corrected chi connectivity index (χ0v) is 21.9. The fraction of sp³-hybridized carbons (Fsp3) is 0.607. The number of carbonyl (C=O) groups is 3. The van der Waals surface area contributed by atoms with Crippen LogP contribution in [0.25, 0.3) is 0 Å². The van der Waals surface area contributed by atoms with Crippen LogP contribution in [0, 0.1) is 23.7 Å². The molecule has 0 saturated heterocycles. The van der Waals surface area contributed by atoms with Gasteiger partial charge in [0, 0.05) is 6.42 Å². The fourth-order valence-electron chi connectivity index (χ4n) is 4.68. The third-order valence-electron chi connectivity index (χ3n) is 6.79. The van der Waals surface area contributed by atoms with E-state index in [0.29, 0.717) is 6.42 Å². The van der Waals surface area contributed by atoms with E-state index in [1.807, 2.05) is 45.9 Å². The lowest BCUT2D eigenvalue weighted by Crippen LogP contribution is -2.55. The van der Waals surface area contributed by atoms with Gasteiger partial charge in [-0.15, -0.1) is 0 Å². The van der Waals surface area contributed by atoms with E-state index in [0.717, 1.165) is 18.4 Å². The minimum atomic E-state index is -0.797. The monoisotopic (exact) mass is 486 g/mol. The molecule has 1 aromatic rings. The summed E-state index contributed by atoms with van der Waals surface area (Å²) in [6.07, 6.45) is 3.74. The Balaban J connectivity index is 2.07. The summed E-state index contributed by atoms with van der Waals surface area (Å²) in [5.74, 6) is -1.79. The second-order valence-electron chi connectivity index (χ2n) is 10.4. The molecule has 0 fully saturated rings. The second-order valence-corrected chi connectivity index (χ2v) is 10.4. The van der Waals surface area contributed by atoms with Crippen molar-refractivity contribution in [3.63, 3.8) is 0 Å². The smallest absolute Gasteiger partial charge is 0.328 e. The van der Waals surface area contributed by atoms with Crippen LogP contribution in [0.4, 0.5) is 0 Å². The SMILES string of the molecule is COC(=O)[C@@H](NC(=O)[C@@H](NC(=O)CC1CC=C(C)CC(Cc2ccccc2)C1O)C(C)C)C(C)C. The molecule has 0 aliphatic heterocycles.